The second-order valence-corrected chi connectivity index (χ2v) is 16.5. The largest absolute Gasteiger partial charge is 0.457 e. The maximum atomic E-state index is 14.0. The van der Waals surface area contributed by atoms with E-state index in [1.54, 1.807) is 11.8 Å². The molecule has 0 N–H and O–H groups in total. The van der Waals surface area contributed by atoms with E-state index in [0.29, 0.717) is 33.8 Å². The van der Waals surface area contributed by atoms with Gasteiger partial charge in [-0.2, -0.15) is 0 Å². The summed E-state index contributed by atoms with van der Waals surface area (Å²) in [5.41, 5.74) is 3.27. The number of esters is 2. The first kappa shape index (κ1) is 32.2. The minimum Gasteiger partial charge on any atom is -0.457 e. The van der Waals surface area contributed by atoms with Crippen LogP contribution in [0, 0.1) is 10.8 Å². The molecule has 8 rings (SSSR count). The number of ether oxygens (including phenoxy) is 3. The molecule has 50 heavy (non-hydrogen) atoms. The Morgan fingerprint density at radius 1 is 0.600 bits per heavy atom. The van der Waals surface area contributed by atoms with E-state index in [1.807, 2.05) is 127 Å². The summed E-state index contributed by atoms with van der Waals surface area (Å²) < 4.78 is 25.8. The Bertz CT molecular complexity index is 2320. The molecule has 6 aromatic rings. The van der Waals surface area contributed by atoms with Gasteiger partial charge in [0, 0.05) is 32.0 Å². The van der Waals surface area contributed by atoms with Crippen molar-refractivity contribution in [1.29, 1.82) is 0 Å². The minimum absolute atomic E-state index is 0.279. The van der Waals surface area contributed by atoms with E-state index in [0.717, 1.165) is 37.6 Å². The van der Waals surface area contributed by atoms with Crippen LogP contribution in [0.25, 0.3) is 22.3 Å². The number of hydrogen-bond acceptors (Lipinski definition) is 7. The average Bonchev–Trinajstić information content (AvgIpc) is 3.72. The van der Waals surface area contributed by atoms with Crippen LogP contribution in [0.15, 0.2) is 117 Å². The van der Waals surface area contributed by atoms with Gasteiger partial charge >= 0.3 is 11.9 Å². The lowest BCUT2D eigenvalue weighted by atomic mass is 9.76. The van der Waals surface area contributed by atoms with Crippen molar-refractivity contribution in [1.82, 2.24) is 0 Å². The van der Waals surface area contributed by atoms with Crippen molar-refractivity contribution in [2.45, 2.75) is 69.5 Å². The Morgan fingerprint density at radius 2 is 1.20 bits per heavy atom. The number of fused-ring (bicyclic) bond motifs is 6. The highest BCUT2D eigenvalue weighted by molar-refractivity contribution is 7.99. The van der Waals surface area contributed by atoms with Crippen LogP contribution in [0.5, 0.6) is 11.5 Å². The predicted octanol–water partition coefficient (Wildman–Crippen LogP) is 10.8. The molecule has 2 aliphatic rings. The van der Waals surface area contributed by atoms with E-state index in [2.05, 4.69) is 24.3 Å². The van der Waals surface area contributed by atoms with Crippen molar-refractivity contribution in [3.63, 3.8) is 0 Å². The first-order chi connectivity index (χ1) is 23.7. The number of benzene rings is 5. The highest BCUT2D eigenvalue weighted by Gasteiger charge is 2.51. The summed E-state index contributed by atoms with van der Waals surface area (Å²) in [4.78, 5) is 29.5. The van der Waals surface area contributed by atoms with Crippen LogP contribution in [-0.4, -0.2) is 11.9 Å². The average molecular weight is 683 g/mol. The zero-order valence-corrected chi connectivity index (χ0v) is 30.0. The summed E-state index contributed by atoms with van der Waals surface area (Å²) in [6.07, 6.45) is 0. The first-order valence-electron chi connectivity index (χ1n) is 16.8. The van der Waals surface area contributed by atoms with Crippen molar-refractivity contribution in [3.05, 3.63) is 131 Å². The molecule has 252 valence electrons. The lowest BCUT2D eigenvalue weighted by Crippen LogP contribution is -2.40. The predicted molar refractivity (Wildman–Crippen MR) is 194 cm³/mol. The first-order valence-corrected chi connectivity index (χ1v) is 17.6. The number of para-hydroxylation sites is 1. The maximum Gasteiger partial charge on any atom is 0.312 e. The summed E-state index contributed by atoms with van der Waals surface area (Å²) in [6, 6.07) is 33.8. The third-order valence-corrected chi connectivity index (χ3v) is 10.8. The van der Waals surface area contributed by atoms with Crippen LogP contribution in [0.4, 0.5) is 0 Å². The van der Waals surface area contributed by atoms with Gasteiger partial charge in [0.15, 0.2) is 11.2 Å². The molecule has 4 aromatic carbocycles. The lowest BCUT2D eigenvalue weighted by molar-refractivity contribution is -0.165. The topological polar surface area (TPSA) is 75.0 Å². The third-order valence-electron chi connectivity index (χ3n) is 9.62. The second kappa shape index (κ2) is 11.0. The fourth-order valence-corrected chi connectivity index (χ4v) is 8.08. The summed E-state index contributed by atoms with van der Waals surface area (Å²) in [5.74, 6) is 0.552. The van der Waals surface area contributed by atoms with Crippen molar-refractivity contribution in [2.75, 3.05) is 0 Å². The van der Waals surface area contributed by atoms with Crippen molar-refractivity contribution in [2.24, 2.45) is 10.8 Å². The van der Waals surface area contributed by atoms with Gasteiger partial charge in [-0.05, 0) is 114 Å². The molecule has 2 unspecified atom stereocenters. The van der Waals surface area contributed by atoms with E-state index in [1.165, 1.54) is 0 Å². The Morgan fingerprint density at radius 3 is 1.88 bits per heavy atom. The van der Waals surface area contributed by atoms with Crippen molar-refractivity contribution in [3.8, 4) is 22.6 Å². The smallest absolute Gasteiger partial charge is 0.312 e. The van der Waals surface area contributed by atoms with Gasteiger partial charge in [-0.1, -0.05) is 60.3 Å². The second-order valence-electron chi connectivity index (χ2n) is 15.4. The normalized spacial score (nSPS) is 19.5. The van der Waals surface area contributed by atoms with Gasteiger partial charge in [-0.3, -0.25) is 9.59 Å². The zero-order valence-electron chi connectivity index (χ0n) is 29.2. The highest BCUT2D eigenvalue weighted by atomic mass is 32.2. The number of rotatable bonds is 4. The zero-order chi connectivity index (χ0) is 35.2. The van der Waals surface area contributed by atoms with Crippen LogP contribution in [0.2, 0.25) is 0 Å². The fraction of sp³-hybridized carbons (Fsp3) is 0.256. The Labute approximate surface area is 296 Å². The van der Waals surface area contributed by atoms with Gasteiger partial charge in [0.2, 0.25) is 0 Å². The van der Waals surface area contributed by atoms with E-state index >= 15 is 0 Å². The van der Waals surface area contributed by atoms with E-state index in [9.17, 15) is 9.59 Å². The van der Waals surface area contributed by atoms with Crippen LogP contribution in [0.3, 0.4) is 0 Å². The van der Waals surface area contributed by atoms with Crippen LogP contribution in [-0.2, 0) is 30.3 Å². The van der Waals surface area contributed by atoms with E-state index in [4.69, 9.17) is 18.6 Å². The SMILES string of the molecule is CC(C)(C)C(=O)OC1(C)c2ccccc2Sc2ccc(-c3ccc4c(c3)C(OC(=O)C(C)(C)C)(c3cc5ccc3o5)c3ccccc3O4)cc21. The van der Waals surface area contributed by atoms with Crippen LogP contribution in [0.1, 0.15) is 76.3 Å². The van der Waals surface area contributed by atoms with E-state index in [-0.39, 0.29) is 11.9 Å². The molecule has 2 atom stereocenters. The monoisotopic (exact) mass is 682 g/mol. The molecule has 0 saturated heterocycles. The van der Waals surface area contributed by atoms with Gasteiger partial charge in [0.25, 0.3) is 0 Å². The van der Waals surface area contributed by atoms with Gasteiger partial charge in [0.1, 0.15) is 22.7 Å². The summed E-state index contributed by atoms with van der Waals surface area (Å²) in [7, 11) is 0. The van der Waals surface area contributed by atoms with Crippen molar-refractivity contribution < 1.29 is 28.2 Å². The number of furan rings is 2. The van der Waals surface area contributed by atoms with E-state index < -0.39 is 22.0 Å². The molecule has 2 bridgehead atoms. The maximum absolute atomic E-state index is 14.0. The molecular formula is C43H38O6S. The molecule has 2 aliphatic heterocycles. The molecular weight excluding hydrogens is 645 g/mol. The molecule has 4 heterocycles. The molecule has 0 amide bonds. The quantitative estimate of drug-likeness (QED) is 0.171. The van der Waals surface area contributed by atoms with Crippen LogP contribution >= 0.6 is 11.8 Å². The minimum atomic E-state index is -1.36. The van der Waals surface area contributed by atoms with Crippen LogP contribution < -0.4 is 4.74 Å². The number of carbonyl (C=O) groups excluding carboxylic acids is 2. The third kappa shape index (κ3) is 4.93. The molecule has 0 radical (unpaired) electrons. The molecule has 0 aliphatic carbocycles. The Hall–Kier alpha value is -5.01. The number of hydrogen-bond donors (Lipinski definition) is 0. The van der Waals surface area contributed by atoms with Gasteiger partial charge in [0.05, 0.1) is 16.4 Å². The summed E-state index contributed by atoms with van der Waals surface area (Å²) >= 11 is 1.67. The molecule has 2 aromatic heterocycles. The molecule has 7 heteroatoms. The van der Waals surface area contributed by atoms with Gasteiger partial charge < -0.3 is 18.6 Å². The summed E-state index contributed by atoms with van der Waals surface area (Å²) in [6.45, 7) is 13.2. The lowest BCUT2D eigenvalue weighted by Gasteiger charge is -2.41. The number of carbonyl (C=O) groups is 2. The Balaban J connectivity index is 1.33. The standard InChI is InChI=1S/C43H38O6S/c1-40(2,3)38(44)48-42(7)29-13-9-11-15-36(29)50-37-21-17-26(23-32(37)42)25-16-19-35-30(22-25)43(49-39(45)41(4,5)6,28-12-8-10-14-33(28)47-35)31-24-27-18-20-34(31)46-27/h8-24H,1-7H3. The molecule has 6 nitrogen and oxygen atoms in total. The molecule has 0 fully saturated rings. The Kier molecular flexibility index (Phi) is 7.08. The highest BCUT2D eigenvalue weighted by Crippen LogP contribution is 2.56. The van der Waals surface area contributed by atoms with Crippen molar-refractivity contribution >= 4 is 34.9 Å². The fourth-order valence-electron chi connectivity index (χ4n) is 6.83. The summed E-state index contributed by atoms with van der Waals surface area (Å²) in [5, 5.41) is 0. The molecule has 0 saturated carbocycles. The van der Waals surface area contributed by atoms with Gasteiger partial charge in [-0.15, -0.1) is 0 Å². The molecule has 0 spiro atoms. The van der Waals surface area contributed by atoms with Gasteiger partial charge in [-0.25, -0.2) is 0 Å².